The maximum atomic E-state index is 12.1. The molecule has 0 spiro atoms. The minimum Gasteiger partial charge on any atom is -0.384 e. The molecular formula is C13H14N4O4. The number of carbonyl (C=O) groups excluding carboxylic acids is 3. The van der Waals surface area contributed by atoms with Gasteiger partial charge in [-0.2, -0.15) is 0 Å². The van der Waals surface area contributed by atoms with Crippen LogP contribution in [0.3, 0.4) is 0 Å². The summed E-state index contributed by atoms with van der Waals surface area (Å²) in [7, 11) is 0. The summed E-state index contributed by atoms with van der Waals surface area (Å²) in [6.07, 6.45) is 1.34. The Morgan fingerprint density at radius 3 is 2.24 bits per heavy atom. The number of primary amides is 2. The second kappa shape index (κ2) is 7.62. The van der Waals surface area contributed by atoms with Crippen molar-refractivity contribution in [2.24, 2.45) is 11.5 Å². The topological polar surface area (TPSA) is 140 Å². The van der Waals surface area contributed by atoms with Crippen LogP contribution in [0.1, 0.15) is 16.1 Å². The van der Waals surface area contributed by atoms with Gasteiger partial charge >= 0.3 is 0 Å². The van der Waals surface area contributed by atoms with E-state index >= 15 is 0 Å². The Morgan fingerprint density at radius 2 is 1.81 bits per heavy atom. The molecule has 0 aliphatic rings. The second-order valence-corrected chi connectivity index (χ2v) is 3.99. The molecule has 0 saturated heterocycles. The van der Waals surface area contributed by atoms with Crippen molar-refractivity contribution in [1.82, 2.24) is 9.88 Å². The molecule has 0 fully saturated rings. The molecule has 0 bridgehead atoms. The molecule has 110 valence electrons. The van der Waals surface area contributed by atoms with Crippen LogP contribution in [-0.2, 0) is 9.59 Å². The maximum absolute atomic E-state index is 12.1. The Labute approximate surface area is 120 Å². The molecule has 21 heavy (non-hydrogen) atoms. The third kappa shape index (κ3) is 5.30. The molecule has 0 aliphatic heterocycles. The van der Waals surface area contributed by atoms with E-state index in [1.54, 1.807) is 0 Å². The smallest absolute Gasteiger partial charge is 0.273 e. The Hall–Kier alpha value is -2.92. The molecule has 0 aliphatic carbocycles. The van der Waals surface area contributed by atoms with Crippen LogP contribution >= 0.6 is 0 Å². The molecule has 0 saturated carbocycles. The van der Waals surface area contributed by atoms with Gasteiger partial charge in [0.1, 0.15) is 25.4 Å². The van der Waals surface area contributed by atoms with Crippen molar-refractivity contribution in [2.45, 2.75) is 0 Å². The first-order valence-electron chi connectivity index (χ1n) is 5.85. The Morgan fingerprint density at radius 1 is 1.19 bits per heavy atom. The highest BCUT2D eigenvalue weighted by molar-refractivity contribution is 5.97. The molecule has 1 rings (SSSR count). The number of hydrogen-bond acceptors (Lipinski definition) is 5. The van der Waals surface area contributed by atoms with Crippen LogP contribution in [-0.4, -0.2) is 52.4 Å². The summed E-state index contributed by atoms with van der Waals surface area (Å²) in [6, 6.07) is 2.91. The number of hydrogen-bond donors (Lipinski definition) is 3. The third-order valence-corrected chi connectivity index (χ3v) is 2.27. The highest BCUT2D eigenvalue weighted by Gasteiger charge is 2.20. The van der Waals surface area contributed by atoms with Gasteiger partial charge in [0.25, 0.3) is 5.91 Å². The average molecular weight is 290 g/mol. The lowest BCUT2D eigenvalue weighted by atomic mass is 10.2. The first-order valence-corrected chi connectivity index (χ1v) is 5.85. The summed E-state index contributed by atoms with van der Waals surface area (Å²) < 4.78 is 0. The number of nitrogens with two attached hydrogens (primary N) is 2. The zero-order chi connectivity index (χ0) is 15.8. The van der Waals surface area contributed by atoms with Gasteiger partial charge in [-0.1, -0.05) is 11.8 Å². The Bertz CT molecular complexity index is 585. The van der Waals surface area contributed by atoms with Crippen molar-refractivity contribution in [1.29, 1.82) is 0 Å². The van der Waals surface area contributed by atoms with Gasteiger partial charge in [0.05, 0.1) is 0 Å². The predicted octanol–water partition coefficient (Wildman–Crippen LogP) is -2.16. The minimum absolute atomic E-state index is 0.0204. The SMILES string of the molecule is NC(=O)CN(CC(N)=O)C(=O)c1ccc(C#CCO)cn1. The van der Waals surface area contributed by atoms with E-state index in [0.717, 1.165) is 4.90 Å². The molecule has 0 aromatic carbocycles. The van der Waals surface area contributed by atoms with E-state index in [9.17, 15) is 14.4 Å². The monoisotopic (exact) mass is 290 g/mol. The van der Waals surface area contributed by atoms with Crippen LogP contribution < -0.4 is 11.5 Å². The molecule has 3 amide bonds. The summed E-state index contributed by atoms with van der Waals surface area (Å²) in [5, 5.41) is 8.57. The maximum Gasteiger partial charge on any atom is 0.273 e. The summed E-state index contributed by atoms with van der Waals surface area (Å²) in [4.78, 5) is 38.7. The molecule has 0 atom stereocenters. The largest absolute Gasteiger partial charge is 0.384 e. The van der Waals surface area contributed by atoms with E-state index in [-0.39, 0.29) is 12.3 Å². The van der Waals surface area contributed by atoms with E-state index in [2.05, 4.69) is 16.8 Å². The number of aromatic nitrogens is 1. The van der Waals surface area contributed by atoms with Crippen LogP contribution in [0.25, 0.3) is 0 Å². The number of rotatable bonds is 5. The van der Waals surface area contributed by atoms with Crippen LogP contribution in [0.15, 0.2) is 18.3 Å². The van der Waals surface area contributed by atoms with Crippen LogP contribution in [0.2, 0.25) is 0 Å². The number of pyridine rings is 1. The molecule has 8 heteroatoms. The van der Waals surface area contributed by atoms with Gasteiger partial charge < -0.3 is 21.5 Å². The molecule has 1 aromatic rings. The number of nitrogens with zero attached hydrogens (tertiary/aromatic N) is 2. The van der Waals surface area contributed by atoms with Gasteiger partial charge in [0.15, 0.2) is 0 Å². The first kappa shape index (κ1) is 16.1. The molecule has 1 heterocycles. The van der Waals surface area contributed by atoms with Crippen LogP contribution in [0.4, 0.5) is 0 Å². The van der Waals surface area contributed by atoms with Gasteiger partial charge in [-0.05, 0) is 12.1 Å². The van der Waals surface area contributed by atoms with Crippen molar-refractivity contribution in [2.75, 3.05) is 19.7 Å². The van der Waals surface area contributed by atoms with Gasteiger partial charge in [0.2, 0.25) is 11.8 Å². The van der Waals surface area contributed by atoms with Gasteiger partial charge in [-0.15, -0.1) is 0 Å². The fraction of sp³-hybridized carbons (Fsp3) is 0.231. The average Bonchev–Trinajstić information content (AvgIpc) is 2.43. The van der Waals surface area contributed by atoms with E-state index in [1.807, 2.05) is 0 Å². The van der Waals surface area contributed by atoms with Gasteiger partial charge in [-0.3, -0.25) is 14.4 Å². The van der Waals surface area contributed by atoms with Crippen molar-refractivity contribution in [3.05, 3.63) is 29.6 Å². The second-order valence-electron chi connectivity index (χ2n) is 3.99. The van der Waals surface area contributed by atoms with E-state index < -0.39 is 30.8 Å². The Kier molecular flexibility index (Phi) is 5.85. The number of aliphatic hydroxyl groups is 1. The van der Waals surface area contributed by atoms with Crippen molar-refractivity contribution >= 4 is 17.7 Å². The fourth-order valence-electron chi connectivity index (χ4n) is 1.47. The third-order valence-electron chi connectivity index (χ3n) is 2.27. The standard InChI is InChI=1S/C13H14N4O4/c14-11(19)7-17(8-12(15)20)13(21)10-4-3-9(6-16-10)2-1-5-18/h3-4,6,18H,5,7-8H2,(H2,14,19)(H2,15,20). The summed E-state index contributed by atoms with van der Waals surface area (Å²) in [6.45, 7) is -1.16. The minimum atomic E-state index is -0.768. The zero-order valence-corrected chi connectivity index (χ0v) is 11.1. The molecule has 8 nitrogen and oxygen atoms in total. The highest BCUT2D eigenvalue weighted by Crippen LogP contribution is 2.03. The van der Waals surface area contributed by atoms with Gasteiger partial charge in [-0.25, -0.2) is 4.98 Å². The zero-order valence-electron chi connectivity index (χ0n) is 11.1. The number of amides is 3. The number of carbonyl (C=O) groups is 3. The molecule has 0 unspecified atom stereocenters. The summed E-state index contributed by atoms with van der Waals surface area (Å²) in [5.41, 5.74) is 10.6. The molecule has 0 radical (unpaired) electrons. The summed E-state index contributed by atoms with van der Waals surface area (Å²) >= 11 is 0. The van der Waals surface area contributed by atoms with Gasteiger partial charge in [0, 0.05) is 11.8 Å². The molecule has 5 N–H and O–H groups in total. The lowest BCUT2D eigenvalue weighted by Crippen LogP contribution is -2.43. The normalized spacial score (nSPS) is 9.38. The molecular weight excluding hydrogens is 276 g/mol. The van der Waals surface area contributed by atoms with Crippen LogP contribution in [0, 0.1) is 11.8 Å². The molecule has 1 aromatic heterocycles. The van der Waals surface area contributed by atoms with Crippen molar-refractivity contribution in [3.63, 3.8) is 0 Å². The first-order chi connectivity index (χ1) is 9.93. The van der Waals surface area contributed by atoms with E-state index in [1.165, 1.54) is 18.3 Å². The lowest BCUT2D eigenvalue weighted by molar-refractivity contribution is -0.121. The number of aliphatic hydroxyl groups excluding tert-OH is 1. The van der Waals surface area contributed by atoms with E-state index in [4.69, 9.17) is 16.6 Å². The van der Waals surface area contributed by atoms with E-state index in [0.29, 0.717) is 5.56 Å². The Balaban J connectivity index is 2.92. The summed E-state index contributed by atoms with van der Waals surface area (Å²) in [5.74, 6) is 2.87. The highest BCUT2D eigenvalue weighted by atomic mass is 16.2. The van der Waals surface area contributed by atoms with Crippen LogP contribution in [0.5, 0.6) is 0 Å². The van der Waals surface area contributed by atoms with Crippen molar-refractivity contribution < 1.29 is 19.5 Å². The quantitative estimate of drug-likeness (QED) is 0.530. The van der Waals surface area contributed by atoms with Crippen molar-refractivity contribution in [3.8, 4) is 11.8 Å². The fourth-order valence-corrected chi connectivity index (χ4v) is 1.47. The lowest BCUT2D eigenvalue weighted by Gasteiger charge is -2.18. The predicted molar refractivity (Wildman–Crippen MR) is 72.5 cm³/mol.